The van der Waals surface area contributed by atoms with Crippen molar-refractivity contribution in [1.82, 2.24) is 14.9 Å². The average Bonchev–Trinajstić information content (AvgIpc) is 2.16. The van der Waals surface area contributed by atoms with Crippen molar-refractivity contribution < 1.29 is 18.6 Å². The summed E-state index contributed by atoms with van der Waals surface area (Å²) in [5.41, 5.74) is 0. The second kappa shape index (κ2) is 6.93. The Bertz CT molecular complexity index is 257. The van der Waals surface area contributed by atoms with Crippen LogP contribution < -0.4 is 10.0 Å². The van der Waals surface area contributed by atoms with Crippen molar-refractivity contribution >= 4 is 30.1 Å². The van der Waals surface area contributed by atoms with Gasteiger partial charge in [-0.1, -0.05) is 0 Å². The maximum atomic E-state index is 11.0. The van der Waals surface area contributed by atoms with E-state index in [4.69, 9.17) is 0 Å². The molecule has 0 unspecified atom stereocenters. The van der Waals surface area contributed by atoms with E-state index in [1.165, 1.54) is 14.1 Å². The normalized spacial score (nSPS) is 9.00. The minimum Gasteiger partial charge on any atom is -0.353 e. The molecule has 0 aromatic heterocycles. The molecule has 86 valence electrons. The molecular formula is C7H13N3O4S. The topological polar surface area (TPSA) is 87.7 Å². The first-order valence-corrected chi connectivity index (χ1v) is 4.86. The van der Waals surface area contributed by atoms with Crippen LogP contribution in [0, 0.1) is 0 Å². The molecule has 7 nitrogen and oxygen atoms in total. The molecular weight excluding hydrogens is 222 g/mol. The van der Waals surface area contributed by atoms with Gasteiger partial charge in [-0.15, -0.1) is 0 Å². The van der Waals surface area contributed by atoms with Crippen LogP contribution in [0.2, 0.25) is 0 Å². The third-order valence-electron chi connectivity index (χ3n) is 1.17. The number of amides is 3. The van der Waals surface area contributed by atoms with E-state index in [1.807, 2.05) is 0 Å². The second-order valence-corrected chi connectivity index (χ2v) is 3.15. The van der Waals surface area contributed by atoms with Crippen molar-refractivity contribution in [1.29, 1.82) is 0 Å². The zero-order valence-corrected chi connectivity index (χ0v) is 9.51. The zero-order valence-electron chi connectivity index (χ0n) is 8.70. The molecule has 0 rings (SSSR count). The molecule has 0 aromatic carbocycles. The maximum absolute atomic E-state index is 11.0. The number of hydrogen-bond donors (Lipinski definition) is 2. The van der Waals surface area contributed by atoms with Gasteiger partial charge in [-0.05, 0) is 6.92 Å². The summed E-state index contributed by atoms with van der Waals surface area (Å²) in [4.78, 5) is 33.8. The molecule has 0 atom stereocenters. The quantitative estimate of drug-likeness (QED) is 0.391. The highest BCUT2D eigenvalue weighted by molar-refractivity contribution is 7.93. The third-order valence-corrected chi connectivity index (χ3v) is 1.68. The zero-order chi connectivity index (χ0) is 11.8. The SMILES string of the molecule is CCNC(=O)OSNC(=O)C(=O)N(C)C. The Morgan fingerprint density at radius 2 is 1.93 bits per heavy atom. The lowest BCUT2D eigenvalue weighted by Gasteiger charge is -2.08. The molecule has 0 aromatic rings. The van der Waals surface area contributed by atoms with Gasteiger partial charge in [0.05, 0.1) is 0 Å². The molecule has 0 spiro atoms. The molecule has 0 fully saturated rings. The van der Waals surface area contributed by atoms with Gasteiger partial charge in [-0.2, -0.15) is 0 Å². The predicted molar refractivity (Wildman–Crippen MR) is 54.6 cm³/mol. The van der Waals surface area contributed by atoms with Crippen LogP contribution in [0.3, 0.4) is 0 Å². The first-order chi connectivity index (χ1) is 6.99. The Balaban J connectivity index is 3.73. The molecule has 0 radical (unpaired) electrons. The minimum absolute atomic E-state index is 0.396. The molecule has 0 aliphatic heterocycles. The Labute approximate surface area is 91.9 Å². The third kappa shape index (κ3) is 5.78. The number of nitrogens with zero attached hydrogens (tertiary/aromatic N) is 1. The first-order valence-electron chi connectivity index (χ1n) is 4.12. The highest BCUT2D eigenvalue weighted by Gasteiger charge is 2.16. The van der Waals surface area contributed by atoms with Gasteiger partial charge in [0.15, 0.2) is 12.2 Å². The predicted octanol–water partition coefficient (Wildman–Crippen LogP) is -0.500. The van der Waals surface area contributed by atoms with Gasteiger partial charge in [0.1, 0.15) is 0 Å². The molecule has 0 aliphatic carbocycles. The molecule has 0 aliphatic rings. The molecule has 3 amide bonds. The van der Waals surface area contributed by atoms with Gasteiger partial charge < -0.3 is 14.4 Å². The lowest BCUT2D eigenvalue weighted by molar-refractivity contribution is -0.143. The number of carbonyl (C=O) groups is 3. The Hall–Kier alpha value is -1.44. The van der Waals surface area contributed by atoms with Crippen LogP contribution in [-0.4, -0.2) is 43.4 Å². The van der Waals surface area contributed by atoms with E-state index in [0.717, 1.165) is 4.90 Å². The van der Waals surface area contributed by atoms with E-state index >= 15 is 0 Å². The summed E-state index contributed by atoms with van der Waals surface area (Å²) in [5.74, 6) is -1.57. The standard InChI is InChI=1S/C7H13N3O4S/c1-4-8-7(13)14-15-9-5(11)6(12)10(2)3/h4H2,1-3H3,(H,8,13)(H,9,11). The molecule has 0 saturated heterocycles. The van der Waals surface area contributed by atoms with Crippen LogP contribution in [0.1, 0.15) is 6.92 Å². The van der Waals surface area contributed by atoms with Gasteiger partial charge >= 0.3 is 17.9 Å². The van der Waals surface area contributed by atoms with Crippen LogP contribution in [0.4, 0.5) is 4.79 Å². The monoisotopic (exact) mass is 235 g/mol. The number of hydrogen-bond acceptors (Lipinski definition) is 5. The van der Waals surface area contributed by atoms with E-state index in [-0.39, 0.29) is 0 Å². The first kappa shape index (κ1) is 13.6. The molecule has 15 heavy (non-hydrogen) atoms. The summed E-state index contributed by atoms with van der Waals surface area (Å²) in [6, 6.07) is 0. The smallest absolute Gasteiger partial charge is 0.353 e. The molecule has 8 heteroatoms. The van der Waals surface area contributed by atoms with E-state index < -0.39 is 17.9 Å². The summed E-state index contributed by atoms with van der Waals surface area (Å²) in [5, 5.41) is 2.34. The fourth-order valence-electron chi connectivity index (χ4n) is 0.517. The van der Waals surface area contributed by atoms with E-state index in [0.29, 0.717) is 18.8 Å². The van der Waals surface area contributed by atoms with Crippen molar-refractivity contribution in [3.8, 4) is 0 Å². The Morgan fingerprint density at radius 1 is 1.33 bits per heavy atom. The van der Waals surface area contributed by atoms with E-state index in [2.05, 4.69) is 14.2 Å². The Morgan fingerprint density at radius 3 is 2.40 bits per heavy atom. The minimum atomic E-state index is -0.853. The van der Waals surface area contributed by atoms with Gasteiger partial charge in [-0.3, -0.25) is 14.3 Å². The van der Waals surface area contributed by atoms with Crippen LogP contribution in [0.15, 0.2) is 0 Å². The fraction of sp³-hybridized carbons (Fsp3) is 0.571. The second-order valence-electron chi connectivity index (χ2n) is 2.62. The van der Waals surface area contributed by atoms with E-state index in [9.17, 15) is 14.4 Å². The number of likely N-dealkylation sites (N-methyl/N-ethyl adjacent to an activating group) is 1. The van der Waals surface area contributed by atoms with Gasteiger partial charge in [-0.25, -0.2) is 4.79 Å². The van der Waals surface area contributed by atoms with E-state index in [1.54, 1.807) is 6.92 Å². The molecule has 2 N–H and O–H groups in total. The number of carbonyl (C=O) groups excluding carboxylic acids is 3. The van der Waals surface area contributed by atoms with Crippen molar-refractivity contribution in [2.75, 3.05) is 20.6 Å². The highest BCUT2D eigenvalue weighted by atomic mass is 32.2. The molecule has 0 bridgehead atoms. The lowest BCUT2D eigenvalue weighted by Crippen LogP contribution is -2.36. The number of rotatable bonds is 3. The molecule has 0 heterocycles. The van der Waals surface area contributed by atoms with Crippen LogP contribution >= 0.6 is 12.2 Å². The van der Waals surface area contributed by atoms with Gasteiger partial charge in [0.25, 0.3) is 0 Å². The summed E-state index contributed by atoms with van der Waals surface area (Å²) in [6.45, 7) is 2.14. The van der Waals surface area contributed by atoms with Gasteiger partial charge in [0, 0.05) is 20.6 Å². The summed E-state index contributed by atoms with van der Waals surface area (Å²) in [6.07, 6.45) is -0.680. The molecule has 0 saturated carbocycles. The van der Waals surface area contributed by atoms with Gasteiger partial charge in [0.2, 0.25) is 0 Å². The van der Waals surface area contributed by atoms with Crippen molar-refractivity contribution in [3.05, 3.63) is 0 Å². The average molecular weight is 235 g/mol. The maximum Gasteiger partial charge on any atom is 0.420 e. The van der Waals surface area contributed by atoms with Crippen molar-refractivity contribution in [2.45, 2.75) is 6.92 Å². The lowest BCUT2D eigenvalue weighted by atomic mass is 10.5. The van der Waals surface area contributed by atoms with Crippen LogP contribution in [0.5, 0.6) is 0 Å². The fourth-order valence-corrected chi connectivity index (χ4v) is 0.856. The van der Waals surface area contributed by atoms with Crippen molar-refractivity contribution in [2.24, 2.45) is 0 Å². The van der Waals surface area contributed by atoms with Crippen LogP contribution in [-0.2, 0) is 13.8 Å². The van der Waals surface area contributed by atoms with Crippen LogP contribution in [0.25, 0.3) is 0 Å². The van der Waals surface area contributed by atoms with Crippen molar-refractivity contribution in [3.63, 3.8) is 0 Å². The summed E-state index contributed by atoms with van der Waals surface area (Å²) >= 11 is 0.396. The number of nitrogens with one attached hydrogen (secondary N) is 2. The Kier molecular flexibility index (Phi) is 6.27. The summed E-state index contributed by atoms with van der Waals surface area (Å²) in [7, 11) is 2.88. The summed E-state index contributed by atoms with van der Waals surface area (Å²) < 4.78 is 6.50. The highest BCUT2D eigenvalue weighted by Crippen LogP contribution is 1.96. The largest absolute Gasteiger partial charge is 0.420 e.